The van der Waals surface area contributed by atoms with Gasteiger partial charge >= 0.3 is 0 Å². The van der Waals surface area contributed by atoms with Gasteiger partial charge in [0.1, 0.15) is 0 Å². The number of para-hydroxylation sites is 1. The number of carbonyl (C=O) groups excluding carboxylic acids is 1. The van der Waals surface area contributed by atoms with E-state index in [1.54, 1.807) is 30.7 Å². The van der Waals surface area contributed by atoms with E-state index in [0.717, 1.165) is 4.90 Å². The third-order valence-corrected chi connectivity index (χ3v) is 3.64. The molecule has 5 heteroatoms. The number of benzene rings is 2. The number of methoxy groups -OCH3 is 2. The molecule has 2 rings (SSSR count). The third kappa shape index (κ3) is 4.30. The van der Waals surface area contributed by atoms with Gasteiger partial charge in [0.2, 0.25) is 5.91 Å². The molecule has 1 N–H and O–H groups in total. The Morgan fingerprint density at radius 3 is 2.50 bits per heavy atom. The summed E-state index contributed by atoms with van der Waals surface area (Å²) in [7, 11) is 3.09. The lowest BCUT2D eigenvalue weighted by molar-refractivity contribution is -0.111. The highest BCUT2D eigenvalue weighted by molar-refractivity contribution is 8.02. The fourth-order valence-corrected chi connectivity index (χ4v) is 2.50. The summed E-state index contributed by atoms with van der Waals surface area (Å²) in [5.74, 6) is 0.848. The number of rotatable bonds is 6. The predicted octanol–water partition coefficient (Wildman–Crippen LogP) is 3.95. The van der Waals surface area contributed by atoms with Gasteiger partial charge in [0.25, 0.3) is 0 Å². The largest absolute Gasteiger partial charge is 0.493 e. The summed E-state index contributed by atoms with van der Waals surface area (Å²) >= 11 is 1.48. The van der Waals surface area contributed by atoms with Crippen molar-refractivity contribution in [2.75, 3.05) is 19.5 Å². The van der Waals surface area contributed by atoms with Crippen molar-refractivity contribution in [3.63, 3.8) is 0 Å². The van der Waals surface area contributed by atoms with Crippen molar-refractivity contribution >= 4 is 23.4 Å². The molecule has 114 valence electrons. The molecule has 0 aromatic heterocycles. The average Bonchev–Trinajstić information content (AvgIpc) is 2.55. The van der Waals surface area contributed by atoms with Crippen molar-refractivity contribution in [3.8, 4) is 11.5 Å². The number of thioether (sulfide) groups is 1. The van der Waals surface area contributed by atoms with Crippen LogP contribution in [0.2, 0.25) is 0 Å². The standard InChI is InChI=1S/C17H17NO3S/c1-20-15-10-6-9-14(17(15)21-2)18-16(19)11-12-22-13-7-4-3-5-8-13/h3-12H,1-2H3,(H,18,19)/b12-11+. The second kappa shape index (κ2) is 8.14. The molecule has 0 radical (unpaired) electrons. The predicted molar refractivity (Wildman–Crippen MR) is 89.6 cm³/mol. The second-order valence-electron chi connectivity index (χ2n) is 4.26. The maximum atomic E-state index is 12.0. The number of carbonyl (C=O) groups is 1. The summed E-state index contributed by atoms with van der Waals surface area (Å²) in [4.78, 5) is 13.0. The van der Waals surface area contributed by atoms with Crippen LogP contribution >= 0.6 is 11.8 Å². The molecule has 0 bridgehead atoms. The number of hydrogen-bond acceptors (Lipinski definition) is 4. The van der Waals surface area contributed by atoms with Crippen LogP contribution in [0.1, 0.15) is 0 Å². The molecule has 0 atom stereocenters. The van der Waals surface area contributed by atoms with E-state index in [9.17, 15) is 4.79 Å². The Kier molecular flexibility index (Phi) is 5.91. The van der Waals surface area contributed by atoms with Crippen LogP contribution in [0.4, 0.5) is 5.69 Å². The van der Waals surface area contributed by atoms with Crippen molar-refractivity contribution in [3.05, 3.63) is 60.0 Å². The topological polar surface area (TPSA) is 47.6 Å². The molecular formula is C17H17NO3S. The number of ether oxygens (including phenoxy) is 2. The first-order chi connectivity index (χ1) is 10.7. The molecule has 2 aromatic carbocycles. The van der Waals surface area contributed by atoms with Crippen molar-refractivity contribution in [2.24, 2.45) is 0 Å². The molecule has 0 aliphatic carbocycles. The van der Waals surface area contributed by atoms with Gasteiger partial charge in [-0.25, -0.2) is 0 Å². The molecule has 0 saturated heterocycles. The van der Waals surface area contributed by atoms with Crippen LogP contribution in [0, 0.1) is 0 Å². The zero-order chi connectivity index (χ0) is 15.8. The van der Waals surface area contributed by atoms with Gasteiger partial charge in [0, 0.05) is 11.0 Å². The minimum absolute atomic E-state index is 0.227. The van der Waals surface area contributed by atoms with Gasteiger partial charge in [-0.15, -0.1) is 0 Å². The molecule has 0 aliphatic rings. The van der Waals surface area contributed by atoms with Gasteiger partial charge in [0.15, 0.2) is 11.5 Å². The molecule has 2 aromatic rings. The highest BCUT2D eigenvalue weighted by Crippen LogP contribution is 2.34. The summed E-state index contributed by atoms with van der Waals surface area (Å²) in [6, 6.07) is 15.2. The Balaban J connectivity index is 2.00. The minimum Gasteiger partial charge on any atom is -0.493 e. The highest BCUT2D eigenvalue weighted by atomic mass is 32.2. The first-order valence-electron chi connectivity index (χ1n) is 6.65. The molecule has 0 spiro atoms. The lowest BCUT2D eigenvalue weighted by Gasteiger charge is -2.12. The molecule has 4 nitrogen and oxygen atoms in total. The number of hydrogen-bond donors (Lipinski definition) is 1. The molecule has 0 aliphatic heterocycles. The van der Waals surface area contributed by atoms with Crippen LogP contribution in [0.3, 0.4) is 0 Å². The van der Waals surface area contributed by atoms with Crippen molar-refractivity contribution in [2.45, 2.75) is 4.90 Å². The van der Waals surface area contributed by atoms with E-state index in [1.165, 1.54) is 24.9 Å². The van der Waals surface area contributed by atoms with E-state index in [1.807, 2.05) is 30.3 Å². The smallest absolute Gasteiger partial charge is 0.248 e. The lowest BCUT2D eigenvalue weighted by atomic mass is 10.2. The summed E-state index contributed by atoms with van der Waals surface area (Å²) in [5, 5.41) is 4.53. The van der Waals surface area contributed by atoms with Gasteiger partial charge in [-0.1, -0.05) is 36.0 Å². The number of nitrogens with one attached hydrogen (secondary N) is 1. The molecule has 1 amide bonds. The van der Waals surface area contributed by atoms with Gasteiger partial charge in [-0.2, -0.15) is 0 Å². The monoisotopic (exact) mass is 315 g/mol. The minimum atomic E-state index is -0.227. The maximum Gasteiger partial charge on any atom is 0.248 e. The summed E-state index contributed by atoms with van der Waals surface area (Å²) in [6.07, 6.45) is 1.48. The Bertz CT molecular complexity index is 656. The van der Waals surface area contributed by atoms with Gasteiger partial charge in [-0.05, 0) is 29.7 Å². The van der Waals surface area contributed by atoms with Gasteiger partial charge in [-0.3, -0.25) is 4.79 Å². The molecule has 0 heterocycles. The molecule has 22 heavy (non-hydrogen) atoms. The molecule has 0 fully saturated rings. The zero-order valence-electron chi connectivity index (χ0n) is 12.4. The van der Waals surface area contributed by atoms with Crippen LogP contribution in [0.5, 0.6) is 11.5 Å². The van der Waals surface area contributed by atoms with Crippen LogP contribution < -0.4 is 14.8 Å². The van der Waals surface area contributed by atoms with E-state index in [-0.39, 0.29) is 5.91 Å². The molecular weight excluding hydrogens is 298 g/mol. The maximum absolute atomic E-state index is 12.0. The van der Waals surface area contributed by atoms with Crippen LogP contribution in [0.25, 0.3) is 0 Å². The van der Waals surface area contributed by atoms with E-state index < -0.39 is 0 Å². The third-order valence-electron chi connectivity index (χ3n) is 2.83. The molecule has 0 saturated carbocycles. The van der Waals surface area contributed by atoms with E-state index in [4.69, 9.17) is 9.47 Å². The zero-order valence-corrected chi connectivity index (χ0v) is 13.2. The first-order valence-corrected chi connectivity index (χ1v) is 7.53. The first kappa shape index (κ1) is 16.0. The van der Waals surface area contributed by atoms with Crippen molar-refractivity contribution in [1.29, 1.82) is 0 Å². The van der Waals surface area contributed by atoms with Crippen molar-refractivity contribution < 1.29 is 14.3 Å². The summed E-state index contributed by atoms with van der Waals surface area (Å²) in [6.45, 7) is 0. The van der Waals surface area contributed by atoms with Gasteiger partial charge < -0.3 is 14.8 Å². The Hall–Kier alpha value is -2.40. The van der Waals surface area contributed by atoms with Crippen LogP contribution in [0.15, 0.2) is 64.9 Å². The van der Waals surface area contributed by atoms with Gasteiger partial charge in [0.05, 0.1) is 19.9 Å². The normalized spacial score (nSPS) is 10.5. The quantitative estimate of drug-likeness (QED) is 0.648. The fraction of sp³-hybridized carbons (Fsp3) is 0.118. The SMILES string of the molecule is COc1cccc(NC(=O)/C=C/Sc2ccccc2)c1OC. The average molecular weight is 315 g/mol. The van der Waals surface area contributed by atoms with E-state index in [2.05, 4.69) is 5.32 Å². The Labute approximate surface area is 134 Å². The van der Waals surface area contributed by atoms with Crippen LogP contribution in [-0.2, 0) is 4.79 Å². The Morgan fingerprint density at radius 2 is 1.82 bits per heavy atom. The number of anilines is 1. The highest BCUT2D eigenvalue weighted by Gasteiger charge is 2.10. The Morgan fingerprint density at radius 1 is 1.05 bits per heavy atom. The lowest BCUT2D eigenvalue weighted by Crippen LogP contribution is -2.09. The van der Waals surface area contributed by atoms with Crippen molar-refractivity contribution in [1.82, 2.24) is 0 Å². The summed E-state index contributed by atoms with van der Waals surface area (Å²) < 4.78 is 10.5. The second-order valence-corrected chi connectivity index (χ2v) is 5.24. The van der Waals surface area contributed by atoms with E-state index in [0.29, 0.717) is 17.2 Å². The van der Waals surface area contributed by atoms with Crippen LogP contribution in [-0.4, -0.2) is 20.1 Å². The number of amides is 1. The van der Waals surface area contributed by atoms with E-state index >= 15 is 0 Å². The summed E-state index contributed by atoms with van der Waals surface area (Å²) in [5.41, 5.74) is 0.571. The fourth-order valence-electron chi connectivity index (χ4n) is 1.83. The molecule has 0 unspecified atom stereocenters.